The monoisotopic (exact) mass is 386 g/mol. The third-order valence-corrected chi connectivity index (χ3v) is 3.10. The lowest BCUT2D eigenvalue weighted by Crippen LogP contribution is -2.08. The van der Waals surface area contributed by atoms with Crippen molar-refractivity contribution in [3.63, 3.8) is 0 Å². The predicted molar refractivity (Wildman–Crippen MR) is 68.8 cm³/mol. The van der Waals surface area contributed by atoms with Gasteiger partial charge in [0.1, 0.15) is 0 Å². The van der Waals surface area contributed by atoms with E-state index in [1.165, 1.54) is 0 Å². The van der Waals surface area contributed by atoms with E-state index in [0.717, 1.165) is 0 Å². The van der Waals surface area contributed by atoms with Gasteiger partial charge in [0, 0.05) is 0 Å². The van der Waals surface area contributed by atoms with Crippen molar-refractivity contribution in [3.8, 4) is 5.75 Å². The number of alkyl halides is 2. The minimum Gasteiger partial charge on any atom is -0.466 e. The fraction of sp³-hybridized carbons (Fsp3) is 0.364. The highest BCUT2D eigenvalue weighted by atomic mass is 79.9. The van der Waals surface area contributed by atoms with Crippen LogP contribution in [0.1, 0.15) is 12.5 Å². The van der Waals surface area contributed by atoms with Gasteiger partial charge in [0.2, 0.25) is 0 Å². The summed E-state index contributed by atoms with van der Waals surface area (Å²) in [5, 5.41) is 0. The molecule has 0 aliphatic rings. The number of halogens is 4. The van der Waals surface area contributed by atoms with Gasteiger partial charge in [-0.1, -0.05) is 0 Å². The summed E-state index contributed by atoms with van der Waals surface area (Å²) in [7, 11) is 0. The van der Waals surface area contributed by atoms with Gasteiger partial charge < -0.3 is 9.47 Å². The molecule has 3 nitrogen and oxygen atoms in total. The molecule has 0 radical (unpaired) electrons. The standard InChI is InChI=1S/C11H10Br2F2O3/c1-2-17-9(16)5-6-3-7(12)10(8(13)4-6)18-11(14)15/h3-4,11H,2,5H2,1H3. The number of ether oxygens (including phenoxy) is 2. The number of hydrogen-bond donors (Lipinski definition) is 0. The molecule has 0 aliphatic carbocycles. The number of esters is 1. The van der Waals surface area contributed by atoms with Crippen molar-refractivity contribution >= 4 is 37.8 Å². The van der Waals surface area contributed by atoms with Crippen LogP contribution in [0.5, 0.6) is 5.75 Å². The number of carbonyl (C=O) groups excluding carboxylic acids is 1. The molecule has 0 spiro atoms. The first-order valence-electron chi connectivity index (χ1n) is 5.02. The van der Waals surface area contributed by atoms with Crippen LogP contribution < -0.4 is 4.74 Å². The summed E-state index contributed by atoms with van der Waals surface area (Å²) in [6.07, 6.45) is 0.0694. The minimum atomic E-state index is -2.91. The number of benzene rings is 1. The smallest absolute Gasteiger partial charge is 0.387 e. The Morgan fingerprint density at radius 3 is 2.33 bits per heavy atom. The van der Waals surface area contributed by atoms with Crippen LogP contribution in [0.4, 0.5) is 8.78 Å². The molecule has 0 saturated heterocycles. The van der Waals surface area contributed by atoms with E-state index in [9.17, 15) is 13.6 Å². The summed E-state index contributed by atoms with van der Waals surface area (Å²) >= 11 is 6.23. The molecule has 0 amide bonds. The minimum absolute atomic E-state index is 0.00221. The van der Waals surface area contributed by atoms with Gasteiger partial charge in [-0.2, -0.15) is 8.78 Å². The molecule has 1 aromatic carbocycles. The Kier molecular flexibility index (Phi) is 6.01. The van der Waals surface area contributed by atoms with E-state index in [1.54, 1.807) is 19.1 Å². The molecule has 0 bridgehead atoms. The maximum atomic E-state index is 12.2. The molecule has 0 unspecified atom stereocenters. The lowest BCUT2D eigenvalue weighted by atomic mass is 10.1. The fourth-order valence-corrected chi connectivity index (χ4v) is 2.76. The second kappa shape index (κ2) is 7.04. The number of carbonyl (C=O) groups is 1. The van der Waals surface area contributed by atoms with Gasteiger partial charge in [-0.25, -0.2) is 0 Å². The quantitative estimate of drug-likeness (QED) is 0.718. The van der Waals surface area contributed by atoms with Gasteiger partial charge >= 0.3 is 12.6 Å². The molecule has 18 heavy (non-hydrogen) atoms. The summed E-state index contributed by atoms with van der Waals surface area (Å²) in [6, 6.07) is 3.08. The predicted octanol–water partition coefficient (Wildman–Crippen LogP) is 3.92. The Balaban J connectivity index is 2.89. The van der Waals surface area contributed by atoms with Crippen LogP contribution >= 0.6 is 31.9 Å². The molecular weight excluding hydrogens is 378 g/mol. The third kappa shape index (κ3) is 4.53. The summed E-state index contributed by atoms with van der Waals surface area (Å²) in [4.78, 5) is 11.3. The summed E-state index contributed by atoms with van der Waals surface area (Å²) in [5.41, 5.74) is 0.633. The normalized spacial score (nSPS) is 10.6. The van der Waals surface area contributed by atoms with E-state index in [2.05, 4.69) is 36.6 Å². The summed E-state index contributed by atoms with van der Waals surface area (Å²) in [5.74, 6) is -0.378. The maximum Gasteiger partial charge on any atom is 0.387 e. The molecular formula is C11H10Br2F2O3. The van der Waals surface area contributed by atoms with Crippen LogP contribution in [0.25, 0.3) is 0 Å². The Morgan fingerprint density at radius 1 is 1.33 bits per heavy atom. The zero-order chi connectivity index (χ0) is 13.7. The first-order chi connectivity index (χ1) is 8.43. The van der Waals surface area contributed by atoms with E-state index in [4.69, 9.17) is 4.74 Å². The average molecular weight is 388 g/mol. The van der Waals surface area contributed by atoms with Crippen LogP contribution in [0.3, 0.4) is 0 Å². The average Bonchev–Trinajstić information content (AvgIpc) is 2.23. The first kappa shape index (κ1) is 15.4. The van der Waals surface area contributed by atoms with E-state index >= 15 is 0 Å². The van der Waals surface area contributed by atoms with Gasteiger partial charge in [0.25, 0.3) is 0 Å². The van der Waals surface area contributed by atoms with Crippen molar-refractivity contribution in [2.45, 2.75) is 20.0 Å². The Bertz CT molecular complexity index is 415. The second-order valence-electron chi connectivity index (χ2n) is 3.25. The molecule has 1 aromatic rings. The second-order valence-corrected chi connectivity index (χ2v) is 4.96. The molecule has 1 rings (SSSR count). The topological polar surface area (TPSA) is 35.5 Å². The third-order valence-electron chi connectivity index (χ3n) is 1.92. The van der Waals surface area contributed by atoms with Gasteiger partial charge in [-0.3, -0.25) is 4.79 Å². The maximum absolute atomic E-state index is 12.2. The Morgan fingerprint density at radius 2 is 1.89 bits per heavy atom. The van der Waals surface area contributed by atoms with Crippen LogP contribution in [-0.2, 0) is 16.0 Å². The zero-order valence-corrected chi connectivity index (χ0v) is 12.6. The molecule has 0 saturated carbocycles. The van der Waals surface area contributed by atoms with E-state index < -0.39 is 6.61 Å². The van der Waals surface area contributed by atoms with Crippen molar-refractivity contribution in [2.24, 2.45) is 0 Å². The Labute approximate surface area is 120 Å². The molecule has 7 heteroatoms. The molecule has 0 heterocycles. The highest BCUT2D eigenvalue weighted by Gasteiger charge is 2.15. The molecule has 0 aliphatic heterocycles. The van der Waals surface area contributed by atoms with Crippen molar-refractivity contribution in [1.82, 2.24) is 0 Å². The fourth-order valence-electron chi connectivity index (χ4n) is 1.29. The van der Waals surface area contributed by atoms with E-state index in [-0.39, 0.29) is 18.1 Å². The SMILES string of the molecule is CCOC(=O)Cc1cc(Br)c(OC(F)F)c(Br)c1. The van der Waals surface area contributed by atoms with Crippen molar-refractivity contribution in [3.05, 3.63) is 26.6 Å². The van der Waals surface area contributed by atoms with Gasteiger partial charge in [-0.15, -0.1) is 0 Å². The first-order valence-corrected chi connectivity index (χ1v) is 6.61. The van der Waals surface area contributed by atoms with Gasteiger partial charge in [0.15, 0.2) is 5.75 Å². The highest BCUT2D eigenvalue weighted by Crippen LogP contribution is 2.35. The van der Waals surface area contributed by atoms with Crippen LogP contribution in [-0.4, -0.2) is 19.2 Å². The molecule has 0 aromatic heterocycles. The summed E-state index contributed by atoms with van der Waals surface area (Å²) in [6.45, 7) is -0.898. The molecule has 0 fully saturated rings. The van der Waals surface area contributed by atoms with Crippen LogP contribution in [0, 0.1) is 0 Å². The molecule has 0 atom stereocenters. The van der Waals surface area contributed by atoms with Crippen molar-refractivity contribution in [2.75, 3.05) is 6.61 Å². The van der Waals surface area contributed by atoms with Gasteiger partial charge in [0.05, 0.1) is 22.0 Å². The number of hydrogen-bond acceptors (Lipinski definition) is 3. The Hall–Kier alpha value is -0.690. The van der Waals surface area contributed by atoms with Crippen LogP contribution in [0.15, 0.2) is 21.1 Å². The number of rotatable bonds is 5. The lowest BCUT2D eigenvalue weighted by molar-refractivity contribution is -0.142. The summed E-state index contributed by atoms with van der Waals surface area (Å²) < 4.78 is 34.1. The van der Waals surface area contributed by atoms with Crippen LogP contribution in [0.2, 0.25) is 0 Å². The van der Waals surface area contributed by atoms with Gasteiger partial charge in [-0.05, 0) is 56.5 Å². The van der Waals surface area contributed by atoms with E-state index in [1.807, 2.05) is 0 Å². The molecule has 0 N–H and O–H groups in total. The van der Waals surface area contributed by atoms with E-state index in [0.29, 0.717) is 21.1 Å². The van der Waals surface area contributed by atoms with Crippen molar-refractivity contribution in [1.29, 1.82) is 0 Å². The lowest BCUT2D eigenvalue weighted by Gasteiger charge is -2.11. The van der Waals surface area contributed by atoms with Crippen molar-refractivity contribution < 1.29 is 23.0 Å². The largest absolute Gasteiger partial charge is 0.466 e. The zero-order valence-electron chi connectivity index (χ0n) is 9.38. The highest BCUT2D eigenvalue weighted by molar-refractivity contribution is 9.11. The molecule has 100 valence electrons.